The summed E-state index contributed by atoms with van der Waals surface area (Å²) in [5, 5.41) is 3.47. The van der Waals surface area contributed by atoms with Crippen molar-refractivity contribution in [2.45, 2.75) is 57.3 Å². The first-order valence-corrected chi connectivity index (χ1v) is 8.30. The highest BCUT2D eigenvalue weighted by atomic mass is 35.5. The largest absolute Gasteiger partial charge is 0.430 e. The second-order valence-electron chi connectivity index (χ2n) is 6.30. The lowest BCUT2D eigenvalue weighted by molar-refractivity contribution is -0.0521. The topological polar surface area (TPSA) is 24.5 Å². The number of anilines is 1. The molecular weight excluding hydrogens is 329 g/mol. The smallest absolute Gasteiger partial charge is 0.387 e. The van der Waals surface area contributed by atoms with Crippen molar-refractivity contribution in [3.05, 3.63) is 23.0 Å². The maximum Gasteiger partial charge on any atom is 0.387 e. The summed E-state index contributed by atoms with van der Waals surface area (Å²) in [5.41, 5.74) is 0.624. The fraction of sp³-hybridized carbons (Fsp3) is 0.625. The molecule has 7 heteroatoms. The minimum absolute atomic E-state index is 0.126. The van der Waals surface area contributed by atoms with Crippen LogP contribution in [0.2, 0.25) is 5.02 Å². The molecule has 0 spiro atoms. The number of ether oxygens (including phenoxy) is 1. The SMILES string of the molecule is C[C@H]1CN(c2cc(F)c(OC(F)F)c(Cl)c2)[C@@H]2CCCC[C@H]2N1. The maximum absolute atomic E-state index is 14.2. The van der Waals surface area contributed by atoms with Gasteiger partial charge in [0.2, 0.25) is 0 Å². The molecule has 1 saturated heterocycles. The van der Waals surface area contributed by atoms with Crippen LogP contribution in [0.4, 0.5) is 18.9 Å². The predicted octanol–water partition coefficient (Wildman–Crippen LogP) is 4.19. The molecule has 1 aromatic carbocycles. The Labute approximate surface area is 138 Å². The van der Waals surface area contributed by atoms with E-state index in [0.29, 0.717) is 11.7 Å². The van der Waals surface area contributed by atoms with Crippen molar-refractivity contribution < 1.29 is 17.9 Å². The number of benzene rings is 1. The van der Waals surface area contributed by atoms with Crippen LogP contribution in [0, 0.1) is 5.82 Å². The van der Waals surface area contributed by atoms with E-state index in [9.17, 15) is 13.2 Å². The highest BCUT2D eigenvalue weighted by Gasteiger charge is 2.36. The minimum atomic E-state index is -3.10. The van der Waals surface area contributed by atoms with E-state index in [0.717, 1.165) is 25.8 Å². The number of nitrogens with zero attached hydrogens (tertiary/aromatic N) is 1. The summed E-state index contributed by atoms with van der Waals surface area (Å²) in [6, 6.07) is 3.68. The minimum Gasteiger partial charge on any atom is -0.430 e. The van der Waals surface area contributed by atoms with Crippen molar-refractivity contribution in [1.29, 1.82) is 0 Å². The lowest BCUT2D eigenvalue weighted by Crippen LogP contribution is -2.62. The van der Waals surface area contributed by atoms with Gasteiger partial charge in [-0.2, -0.15) is 8.78 Å². The monoisotopic (exact) mass is 348 g/mol. The molecule has 2 fully saturated rings. The van der Waals surface area contributed by atoms with Crippen molar-refractivity contribution in [3.8, 4) is 5.75 Å². The second-order valence-corrected chi connectivity index (χ2v) is 6.70. The van der Waals surface area contributed by atoms with Gasteiger partial charge in [-0.15, -0.1) is 0 Å². The van der Waals surface area contributed by atoms with E-state index in [1.54, 1.807) is 0 Å². The standard InChI is InChI=1S/C16H20ClF3N2O/c1-9-8-22(14-5-3-2-4-13(14)21-9)10-6-11(17)15(12(18)7-10)23-16(19)20/h6-7,9,13-14,16,21H,2-5,8H2,1H3/t9-,13+,14+/m0/s1. The number of hydrogen-bond donors (Lipinski definition) is 1. The molecule has 0 radical (unpaired) electrons. The molecule has 1 aromatic rings. The van der Waals surface area contributed by atoms with Gasteiger partial charge in [-0.05, 0) is 25.8 Å². The van der Waals surface area contributed by atoms with Crippen LogP contribution < -0.4 is 15.0 Å². The molecule has 0 unspecified atom stereocenters. The highest BCUT2D eigenvalue weighted by Crippen LogP contribution is 2.37. The van der Waals surface area contributed by atoms with Gasteiger partial charge in [0.15, 0.2) is 11.6 Å². The zero-order chi connectivity index (χ0) is 16.6. The lowest BCUT2D eigenvalue weighted by Gasteiger charge is -2.48. The molecule has 0 aromatic heterocycles. The molecule has 1 saturated carbocycles. The molecule has 3 nitrogen and oxygen atoms in total. The van der Waals surface area contributed by atoms with Gasteiger partial charge in [0.05, 0.1) is 5.02 Å². The zero-order valence-electron chi connectivity index (χ0n) is 12.9. The summed E-state index contributed by atoms with van der Waals surface area (Å²) in [6.07, 6.45) is 4.44. The Bertz CT molecular complexity index is 549. The van der Waals surface area contributed by atoms with E-state index < -0.39 is 18.2 Å². The predicted molar refractivity (Wildman–Crippen MR) is 84.0 cm³/mol. The third-order valence-corrected chi connectivity index (χ3v) is 4.90. The van der Waals surface area contributed by atoms with Gasteiger partial charge in [-0.3, -0.25) is 0 Å². The van der Waals surface area contributed by atoms with Gasteiger partial charge < -0.3 is 15.0 Å². The molecule has 0 bridgehead atoms. The molecule has 23 heavy (non-hydrogen) atoms. The molecular formula is C16H20ClF3N2O. The van der Waals surface area contributed by atoms with Gasteiger partial charge in [-0.25, -0.2) is 4.39 Å². The molecule has 128 valence electrons. The Morgan fingerprint density at radius 1 is 1.30 bits per heavy atom. The van der Waals surface area contributed by atoms with Crippen LogP contribution >= 0.6 is 11.6 Å². The number of alkyl halides is 2. The Balaban J connectivity index is 1.90. The van der Waals surface area contributed by atoms with Crippen LogP contribution in [0.5, 0.6) is 5.75 Å². The number of nitrogens with one attached hydrogen (secondary N) is 1. The summed E-state index contributed by atoms with van der Waals surface area (Å²) < 4.78 is 43.0. The van der Waals surface area contributed by atoms with Crippen LogP contribution in [-0.2, 0) is 0 Å². The number of fused-ring (bicyclic) bond motifs is 1. The summed E-state index contributed by atoms with van der Waals surface area (Å²) in [5.74, 6) is -1.44. The Morgan fingerprint density at radius 2 is 2.04 bits per heavy atom. The summed E-state index contributed by atoms with van der Waals surface area (Å²) >= 11 is 5.97. The van der Waals surface area contributed by atoms with Crippen molar-refractivity contribution in [3.63, 3.8) is 0 Å². The maximum atomic E-state index is 14.2. The van der Waals surface area contributed by atoms with Gasteiger partial charge >= 0.3 is 6.61 Å². The van der Waals surface area contributed by atoms with Crippen molar-refractivity contribution >= 4 is 17.3 Å². The molecule has 1 heterocycles. The van der Waals surface area contributed by atoms with Crippen molar-refractivity contribution in [2.75, 3.05) is 11.4 Å². The van der Waals surface area contributed by atoms with Crippen LogP contribution in [0.1, 0.15) is 32.6 Å². The first kappa shape index (κ1) is 16.7. The molecule has 3 atom stereocenters. The van der Waals surface area contributed by atoms with Crippen molar-refractivity contribution in [1.82, 2.24) is 5.32 Å². The zero-order valence-corrected chi connectivity index (χ0v) is 13.6. The van der Waals surface area contributed by atoms with E-state index in [1.165, 1.54) is 18.6 Å². The van der Waals surface area contributed by atoms with E-state index in [-0.39, 0.29) is 17.1 Å². The van der Waals surface area contributed by atoms with Gasteiger partial charge in [0.1, 0.15) is 0 Å². The number of rotatable bonds is 3. The molecule has 0 amide bonds. The summed E-state index contributed by atoms with van der Waals surface area (Å²) in [4.78, 5) is 2.14. The molecule has 3 rings (SSSR count). The second kappa shape index (κ2) is 6.77. The van der Waals surface area contributed by atoms with E-state index >= 15 is 0 Å². The highest BCUT2D eigenvalue weighted by molar-refractivity contribution is 6.32. The Hall–Kier alpha value is -1.14. The first-order valence-electron chi connectivity index (χ1n) is 7.92. The Morgan fingerprint density at radius 3 is 2.74 bits per heavy atom. The number of piperazine rings is 1. The molecule has 2 aliphatic rings. The normalized spacial score (nSPS) is 27.9. The fourth-order valence-corrected chi connectivity index (χ4v) is 3.98. The summed E-state index contributed by atoms with van der Waals surface area (Å²) in [7, 11) is 0. The van der Waals surface area contributed by atoms with Crippen molar-refractivity contribution in [2.24, 2.45) is 0 Å². The van der Waals surface area contributed by atoms with Gasteiger partial charge in [0.25, 0.3) is 0 Å². The van der Waals surface area contributed by atoms with Crippen LogP contribution in [-0.4, -0.2) is 31.3 Å². The average molecular weight is 349 g/mol. The van der Waals surface area contributed by atoms with E-state index in [4.69, 9.17) is 11.6 Å². The quantitative estimate of drug-likeness (QED) is 0.886. The first-order chi connectivity index (χ1) is 11.0. The number of halogens is 4. The number of hydrogen-bond acceptors (Lipinski definition) is 3. The fourth-order valence-electron chi connectivity index (χ4n) is 3.74. The third kappa shape index (κ3) is 3.53. The average Bonchev–Trinajstić information content (AvgIpc) is 2.49. The third-order valence-electron chi connectivity index (χ3n) is 4.62. The van der Waals surface area contributed by atoms with E-state index in [2.05, 4.69) is 21.9 Å². The van der Waals surface area contributed by atoms with Crippen LogP contribution in [0.3, 0.4) is 0 Å². The Kier molecular flexibility index (Phi) is 4.92. The van der Waals surface area contributed by atoms with Crippen LogP contribution in [0.25, 0.3) is 0 Å². The van der Waals surface area contributed by atoms with E-state index in [1.807, 2.05) is 0 Å². The molecule has 1 aliphatic heterocycles. The van der Waals surface area contributed by atoms with Gasteiger partial charge in [-0.1, -0.05) is 24.4 Å². The molecule has 1 aliphatic carbocycles. The van der Waals surface area contributed by atoms with Gasteiger partial charge in [0, 0.05) is 36.4 Å². The lowest BCUT2D eigenvalue weighted by atomic mass is 9.86. The van der Waals surface area contributed by atoms with Crippen LogP contribution in [0.15, 0.2) is 12.1 Å². The summed E-state index contributed by atoms with van der Waals surface area (Å²) in [6.45, 7) is -0.287. The molecule has 1 N–H and O–H groups in total.